The summed E-state index contributed by atoms with van der Waals surface area (Å²) in [6.07, 6.45) is -5.07. The Morgan fingerprint density at radius 3 is 2.38 bits per heavy atom. The van der Waals surface area contributed by atoms with Crippen LogP contribution in [0.15, 0.2) is 18.2 Å². The monoisotopic (exact) mass is 233 g/mol. The summed E-state index contributed by atoms with van der Waals surface area (Å²) in [5.74, 6) is 0. The predicted octanol–water partition coefficient (Wildman–Crippen LogP) is 2.60. The first-order valence-corrected chi connectivity index (χ1v) is 4.76. The maximum Gasteiger partial charge on any atom is 0.391 e. The molecule has 1 aromatic rings. The Balaban J connectivity index is 2.63. The van der Waals surface area contributed by atoms with Crippen LogP contribution in [0.25, 0.3) is 0 Å². The van der Waals surface area contributed by atoms with E-state index in [1.165, 1.54) is 13.0 Å². The van der Waals surface area contributed by atoms with E-state index in [9.17, 15) is 13.2 Å². The van der Waals surface area contributed by atoms with Gasteiger partial charge in [-0.2, -0.15) is 13.2 Å². The highest BCUT2D eigenvalue weighted by Crippen LogP contribution is 2.25. The van der Waals surface area contributed by atoms with Gasteiger partial charge in [-0.25, -0.2) is 0 Å². The van der Waals surface area contributed by atoms with Crippen LogP contribution < -0.4 is 16.8 Å². The van der Waals surface area contributed by atoms with Crippen molar-refractivity contribution < 1.29 is 13.2 Å². The van der Waals surface area contributed by atoms with Crippen LogP contribution in [-0.4, -0.2) is 12.2 Å². The fourth-order valence-electron chi connectivity index (χ4n) is 1.35. The van der Waals surface area contributed by atoms with Gasteiger partial charge in [0, 0.05) is 11.7 Å². The van der Waals surface area contributed by atoms with E-state index in [0.717, 1.165) is 0 Å². The average Bonchev–Trinajstić information content (AvgIpc) is 2.08. The summed E-state index contributed by atoms with van der Waals surface area (Å²) in [6, 6.07) is 3.96. The molecule has 1 rings (SSSR count). The van der Waals surface area contributed by atoms with Crippen LogP contribution in [0.4, 0.5) is 30.2 Å². The second-order valence-electron chi connectivity index (χ2n) is 3.71. The number of hydrogen-bond donors (Lipinski definition) is 3. The molecule has 0 bridgehead atoms. The Kier molecular flexibility index (Phi) is 3.51. The third-order valence-electron chi connectivity index (χ3n) is 2.04. The molecule has 5 N–H and O–H groups in total. The van der Waals surface area contributed by atoms with Gasteiger partial charge in [0.25, 0.3) is 0 Å². The highest BCUT2D eigenvalue weighted by Gasteiger charge is 2.29. The van der Waals surface area contributed by atoms with Crippen molar-refractivity contribution in [2.24, 2.45) is 0 Å². The summed E-state index contributed by atoms with van der Waals surface area (Å²) in [5.41, 5.74) is 12.3. The lowest BCUT2D eigenvalue weighted by Crippen LogP contribution is -2.23. The van der Waals surface area contributed by atoms with E-state index in [0.29, 0.717) is 17.1 Å². The molecule has 1 atom stereocenters. The van der Waals surface area contributed by atoms with Crippen LogP contribution >= 0.6 is 0 Å². The highest BCUT2D eigenvalue weighted by molar-refractivity contribution is 5.69. The Bertz CT molecular complexity index is 363. The van der Waals surface area contributed by atoms with Gasteiger partial charge in [-0.1, -0.05) is 0 Å². The van der Waals surface area contributed by atoms with E-state index < -0.39 is 18.6 Å². The number of rotatable bonds is 3. The molecule has 0 fully saturated rings. The number of nitrogens with two attached hydrogens (primary N) is 2. The zero-order valence-electron chi connectivity index (χ0n) is 8.81. The maximum absolute atomic E-state index is 12.1. The molecule has 0 aliphatic heterocycles. The minimum absolute atomic E-state index is 0.351. The second-order valence-corrected chi connectivity index (χ2v) is 3.71. The number of anilines is 3. The zero-order valence-corrected chi connectivity index (χ0v) is 8.81. The average molecular weight is 233 g/mol. The van der Waals surface area contributed by atoms with Crippen LogP contribution in [0.5, 0.6) is 0 Å². The fraction of sp³-hybridized carbons (Fsp3) is 0.400. The molecule has 0 aliphatic carbocycles. The van der Waals surface area contributed by atoms with Crippen LogP contribution in [0.1, 0.15) is 13.3 Å². The molecule has 0 heterocycles. The van der Waals surface area contributed by atoms with Gasteiger partial charge in [0.2, 0.25) is 0 Å². The molecular weight excluding hydrogens is 219 g/mol. The molecule has 1 aromatic carbocycles. The quantitative estimate of drug-likeness (QED) is 0.703. The molecule has 16 heavy (non-hydrogen) atoms. The third-order valence-corrected chi connectivity index (χ3v) is 2.04. The molecule has 1 unspecified atom stereocenters. The summed E-state index contributed by atoms with van der Waals surface area (Å²) in [7, 11) is 0. The molecule has 3 nitrogen and oxygen atoms in total. The smallest absolute Gasteiger partial charge is 0.391 e. The second kappa shape index (κ2) is 4.51. The van der Waals surface area contributed by atoms with Crippen molar-refractivity contribution in [2.45, 2.75) is 25.6 Å². The molecule has 0 radical (unpaired) electrons. The van der Waals surface area contributed by atoms with Gasteiger partial charge in [-0.3, -0.25) is 0 Å². The lowest BCUT2D eigenvalue weighted by Gasteiger charge is -2.17. The number of halogens is 3. The molecule has 0 aromatic heterocycles. The summed E-state index contributed by atoms with van der Waals surface area (Å²) in [4.78, 5) is 0. The molecular formula is C10H14F3N3. The normalized spacial score (nSPS) is 13.5. The van der Waals surface area contributed by atoms with E-state index in [-0.39, 0.29) is 0 Å². The van der Waals surface area contributed by atoms with E-state index in [2.05, 4.69) is 5.32 Å². The van der Waals surface area contributed by atoms with Gasteiger partial charge < -0.3 is 16.8 Å². The first kappa shape index (κ1) is 12.5. The van der Waals surface area contributed by atoms with Crippen molar-refractivity contribution in [3.63, 3.8) is 0 Å². The van der Waals surface area contributed by atoms with Crippen molar-refractivity contribution in [3.8, 4) is 0 Å². The van der Waals surface area contributed by atoms with Crippen molar-refractivity contribution in [1.82, 2.24) is 0 Å². The standard InChI is InChI=1S/C10H14F3N3/c1-6(5-10(11,12)13)16-7-2-3-8(14)9(15)4-7/h2-4,6,16H,5,14-15H2,1H3. The lowest BCUT2D eigenvalue weighted by molar-refractivity contribution is -0.136. The van der Waals surface area contributed by atoms with Crippen molar-refractivity contribution in [3.05, 3.63) is 18.2 Å². The van der Waals surface area contributed by atoms with Crippen LogP contribution in [0, 0.1) is 0 Å². The summed E-state index contributed by atoms with van der Waals surface area (Å²) in [6.45, 7) is 1.46. The maximum atomic E-state index is 12.1. The van der Waals surface area contributed by atoms with Crippen LogP contribution in [-0.2, 0) is 0 Å². The third kappa shape index (κ3) is 3.88. The summed E-state index contributed by atoms with van der Waals surface area (Å²) in [5, 5.41) is 2.71. The topological polar surface area (TPSA) is 64.1 Å². The molecule has 6 heteroatoms. The van der Waals surface area contributed by atoms with Crippen molar-refractivity contribution in [1.29, 1.82) is 0 Å². The van der Waals surface area contributed by atoms with Gasteiger partial charge in [0.15, 0.2) is 0 Å². The number of nitrogen functional groups attached to an aromatic ring is 2. The summed E-state index contributed by atoms with van der Waals surface area (Å²) >= 11 is 0. The predicted molar refractivity (Wildman–Crippen MR) is 59.0 cm³/mol. The van der Waals surface area contributed by atoms with E-state index in [1.54, 1.807) is 12.1 Å². The largest absolute Gasteiger partial charge is 0.397 e. The molecule has 0 saturated carbocycles. The minimum atomic E-state index is -4.17. The number of nitrogens with one attached hydrogen (secondary N) is 1. The minimum Gasteiger partial charge on any atom is -0.397 e. The van der Waals surface area contributed by atoms with Gasteiger partial charge >= 0.3 is 6.18 Å². The first-order valence-electron chi connectivity index (χ1n) is 4.76. The Morgan fingerprint density at radius 2 is 1.88 bits per heavy atom. The Hall–Kier alpha value is -1.59. The molecule has 0 aliphatic rings. The van der Waals surface area contributed by atoms with Crippen molar-refractivity contribution >= 4 is 17.1 Å². The summed E-state index contributed by atoms with van der Waals surface area (Å²) < 4.78 is 36.2. The molecule has 0 amide bonds. The molecule has 0 saturated heterocycles. The van der Waals surface area contributed by atoms with E-state index in [4.69, 9.17) is 11.5 Å². The number of alkyl halides is 3. The first-order chi connectivity index (χ1) is 7.28. The van der Waals surface area contributed by atoms with Crippen LogP contribution in [0.3, 0.4) is 0 Å². The highest BCUT2D eigenvalue weighted by atomic mass is 19.4. The van der Waals surface area contributed by atoms with Gasteiger partial charge in [-0.05, 0) is 25.1 Å². The number of benzene rings is 1. The van der Waals surface area contributed by atoms with E-state index in [1.807, 2.05) is 0 Å². The molecule has 90 valence electrons. The van der Waals surface area contributed by atoms with Gasteiger partial charge in [-0.15, -0.1) is 0 Å². The van der Waals surface area contributed by atoms with Gasteiger partial charge in [0.1, 0.15) is 0 Å². The van der Waals surface area contributed by atoms with Gasteiger partial charge in [0.05, 0.1) is 17.8 Å². The Morgan fingerprint density at radius 1 is 1.25 bits per heavy atom. The molecule has 0 spiro atoms. The SMILES string of the molecule is CC(CC(F)(F)F)Nc1ccc(N)c(N)c1. The van der Waals surface area contributed by atoms with E-state index >= 15 is 0 Å². The Labute approximate surface area is 91.6 Å². The number of hydrogen-bond acceptors (Lipinski definition) is 3. The zero-order chi connectivity index (χ0) is 12.3. The lowest BCUT2D eigenvalue weighted by atomic mass is 10.2. The van der Waals surface area contributed by atoms with Crippen LogP contribution in [0.2, 0.25) is 0 Å². The fourth-order valence-corrected chi connectivity index (χ4v) is 1.35. The van der Waals surface area contributed by atoms with Crippen molar-refractivity contribution in [2.75, 3.05) is 16.8 Å².